The fourth-order valence-electron chi connectivity index (χ4n) is 2.78. The van der Waals surface area contributed by atoms with Crippen LogP contribution in [0.3, 0.4) is 0 Å². The van der Waals surface area contributed by atoms with Gasteiger partial charge in [-0.15, -0.1) is 0 Å². The second kappa shape index (κ2) is 7.21. The number of aromatic nitrogens is 1. The van der Waals surface area contributed by atoms with Gasteiger partial charge in [0, 0.05) is 16.8 Å². The summed E-state index contributed by atoms with van der Waals surface area (Å²) in [5.41, 5.74) is 1.09. The number of nitrogens with zero attached hydrogens (tertiary/aromatic N) is 2. The van der Waals surface area contributed by atoms with Crippen LogP contribution in [0, 0.1) is 0 Å². The van der Waals surface area contributed by atoms with Crippen LogP contribution < -0.4 is 0 Å². The van der Waals surface area contributed by atoms with Crippen LogP contribution >= 0.6 is 11.6 Å². The number of amides is 1. The van der Waals surface area contributed by atoms with Crippen molar-refractivity contribution in [1.29, 1.82) is 0 Å². The van der Waals surface area contributed by atoms with E-state index in [4.69, 9.17) is 21.4 Å². The largest absolute Gasteiger partial charge is 0.477 e. The molecule has 2 heterocycles. The molecular weight excluding hydrogens is 344 g/mol. The summed E-state index contributed by atoms with van der Waals surface area (Å²) in [7, 11) is 0. The molecule has 25 heavy (non-hydrogen) atoms. The van der Waals surface area contributed by atoms with E-state index in [1.807, 2.05) is 25.1 Å². The molecule has 1 fully saturated rings. The van der Waals surface area contributed by atoms with Crippen molar-refractivity contribution in [1.82, 2.24) is 9.88 Å². The second-order valence-corrected chi connectivity index (χ2v) is 6.29. The summed E-state index contributed by atoms with van der Waals surface area (Å²) in [6.07, 6.45) is 0.985. The average molecular weight is 361 g/mol. The minimum absolute atomic E-state index is 0.0967. The molecule has 3 rings (SSSR count). The molecule has 0 aliphatic carbocycles. The van der Waals surface area contributed by atoms with Crippen LogP contribution in [-0.2, 0) is 4.74 Å². The van der Waals surface area contributed by atoms with Gasteiger partial charge in [-0.05, 0) is 25.1 Å². The molecule has 0 radical (unpaired) electrons. The summed E-state index contributed by atoms with van der Waals surface area (Å²) in [6, 6.07) is 10.1. The maximum Gasteiger partial charge on any atom is 0.354 e. The molecule has 1 aliphatic rings. The zero-order chi connectivity index (χ0) is 18.0. The van der Waals surface area contributed by atoms with Crippen LogP contribution in [0.25, 0.3) is 0 Å². The predicted molar refractivity (Wildman–Crippen MR) is 91.8 cm³/mol. The van der Waals surface area contributed by atoms with Crippen molar-refractivity contribution < 1.29 is 19.4 Å². The number of morpholine rings is 1. The van der Waals surface area contributed by atoms with E-state index in [-0.39, 0.29) is 23.7 Å². The van der Waals surface area contributed by atoms with Crippen LogP contribution in [0.4, 0.5) is 0 Å². The van der Waals surface area contributed by atoms with Gasteiger partial charge in [0.05, 0.1) is 24.8 Å². The summed E-state index contributed by atoms with van der Waals surface area (Å²) in [5.74, 6) is -1.34. The van der Waals surface area contributed by atoms with Crippen LogP contribution in [0.15, 0.2) is 42.6 Å². The number of hydrogen-bond acceptors (Lipinski definition) is 4. The maximum atomic E-state index is 12.8. The molecule has 6 nitrogen and oxygen atoms in total. The first-order chi connectivity index (χ1) is 12.0. The Bertz CT molecular complexity index is 794. The quantitative estimate of drug-likeness (QED) is 0.910. The molecule has 1 aromatic carbocycles. The molecule has 2 unspecified atom stereocenters. The van der Waals surface area contributed by atoms with Crippen molar-refractivity contribution in [2.24, 2.45) is 0 Å². The Hall–Kier alpha value is -2.44. The van der Waals surface area contributed by atoms with Crippen molar-refractivity contribution in [3.63, 3.8) is 0 Å². The van der Waals surface area contributed by atoms with E-state index >= 15 is 0 Å². The van der Waals surface area contributed by atoms with E-state index in [0.29, 0.717) is 23.7 Å². The lowest BCUT2D eigenvalue weighted by Gasteiger charge is -2.38. The molecule has 0 saturated carbocycles. The highest BCUT2D eigenvalue weighted by Gasteiger charge is 2.32. The van der Waals surface area contributed by atoms with E-state index in [0.717, 1.165) is 5.56 Å². The summed E-state index contributed by atoms with van der Waals surface area (Å²) in [4.78, 5) is 29.2. The number of halogens is 1. The molecule has 130 valence electrons. The van der Waals surface area contributed by atoms with Gasteiger partial charge in [0.25, 0.3) is 5.91 Å². The monoisotopic (exact) mass is 360 g/mol. The normalized spacial score (nSPS) is 20.3. The standard InChI is InChI=1S/C18H17ClN2O4/c1-11-10-25-16(13-4-2-3-5-14(13)19)9-21(11)17(22)12-6-7-15(18(23)24)20-8-12/h2-8,11,16H,9-10H2,1H3,(H,23,24). The number of carbonyl (C=O) groups excluding carboxylic acids is 1. The Morgan fingerprint density at radius 1 is 1.28 bits per heavy atom. The molecule has 0 bridgehead atoms. The fraction of sp³-hybridized carbons (Fsp3) is 0.278. The SMILES string of the molecule is CC1COC(c2ccccc2Cl)CN1C(=O)c1ccc(C(=O)O)nc1. The van der Waals surface area contributed by atoms with Crippen LogP contribution in [0.5, 0.6) is 0 Å². The van der Waals surface area contributed by atoms with Gasteiger partial charge in [0.15, 0.2) is 0 Å². The van der Waals surface area contributed by atoms with Gasteiger partial charge in [-0.3, -0.25) is 4.79 Å². The lowest BCUT2D eigenvalue weighted by atomic mass is 10.0. The number of carbonyl (C=O) groups is 2. The minimum atomic E-state index is -1.13. The lowest BCUT2D eigenvalue weighted by molar-refractivity contribution is -0.0486. The first-order valence-electron chi connectivity index (χ1n) is 7.83. The van der Waals surface area contributed by atoms with E-state index < -0.39 is 5.97 Å². The molecule has 1 N–H and O–H groups in total. The third kappa shape index (κ3) is 3.65. The number of pyridine rings is 1. The third-order valence-corrected chi connectivity index (χ3v) is 4.52. The van der Waals surface area contributed by atoms with E-state index in [9.17, 15) is 9.59 Å². The minimum Gasteiger partial charge on any atom is -0.477 e. The second-order valence-electron chi connectivity index (χ2n) is 5.89. The molecule has 1 aliphatic heterocycles. The van der Waals surface area contributed by atoms with Crippen molar-refractivity contribution in [2.45, 2.75) is 19.1 Å². The number of carboxylic acid groups (broad SMARTS) is 1. The van der Waals surface area contributed by atoms with E-state index in [1.165, 1.54) is 18.3 Å². The topological polar surface area (TPSA) is 79.7 Å². The first kappa shape index (κ1) is 17.4. The third-order valence-electron chi connectivity index (χ3n) is 4.18. The molecule has 2 atom stereocenters. The van der Waals surface area contributed by atoms with Gasteiger partial charge in [0.1, 0.15) is 11.8 Å². The average Bonchev–Trinajstić information content (AvgIpc) is 2.62. The van der Waals surface area contributed by atoms with Gasteiger partial charge in [0.2, 0.25) is 0 Å². The predicted octanol–water partition coefficient (Wildman–Crippen LogP) is 3.04. The van der Waals surface area contributed by atoms with Crippen molar-refractivity contribution >= 4 is 23.5 Å². The number of carboxylic acids is 1. The fourth-order valence-corrected chi connectivity index (χ4v) is 3.03. The van der Waals surface area contributed by atoms with Crippen LogP contribution in [-0.4, -0.2) is 46.1 Å². The van der Waals surface area contributed by atoms with Gasteiger partial charge in [-0.25, -0.2) is 9.78 Å². The highest BCUT2D eigenvalue weighted by atomic mass is 35.5. The van der Waals surface area contributed by atoms with Gasteiger partial charge >= 0.3 is 5.97 Å². The number of hydrogen-bond donors (Lipinski definition) is 1. The Morgan fingerprint density at radius 3 is 2.68 bits per heavy atom. The molecule has 0 spiro atoms. The van der Waals surface area contributed by atoms with Crippen molar-refractivity contribution in [2.75, 3.05) is 13.2 Å². The van der Waals surface area contributed by atoms with Gasteiger partial charge in [-0.2, -0.15) is 0 Å². The Labute approximate surface area is 150 Å². The number of rotatable bonds is 3. The molecule has 7 heteroatoms. The summed E-state index contributed by atoms with van der Waals surface area (Å²) in [6.45, 7) is 2.66. The highest BCUT2D eigenvalue weighted by Crippen LogP contribution is 2.30. The molecular formula is C18H17ClN2O4. The Balaban J connectivity index is 1.81. The Morgan fingerprint density at radius 2 is 2.04 bits per heavy atom. The molecule has 1 aromatic heterocycles. The first-order valence-corrected chi connectivity index (χ1v) is 8.21. The van der Waals surface area contributed by atoms with Gasteiger partial charge in [-0.1, -0.05) is 29.8 Å². The number of ether oxygens (including phenoxy) is 1. The molecule has 1 amide bonds. The number of aromatic carboxylic acids is 1. The summed E-state index contributed by atoms with van der Waals surface area (Å²) in [5, 5.41) is 9.50. The summed E-state index contributed by atoms with van der Waals surface area (Å²) < 4.78 is 5.85. The Kier molecular flexibility index (Phi) is 5.01. The smallest absolute Gasteiger partial charge is 0.354 e. The maximum absolute atomic E-state index is 12.8. The van der Waals surface area contributed by atoms with Gasteiger partial charge < -0.3 is 14.7 Å². The van der Waals surface area contributed by atoms with E-state index in [2.05, 4.69) is 4.98 Å². The summed E-state index contributed by atoms with van der Waals surface area (Å²) >= 11 is 6.24. The zero-order valence-corrected chi connectivity index (χ0v) is 14.3. The van der Waals surface area contributed by atoms with Crippen molar-refractivity contribution in [3.8, 4) is 0 Å². The van der Waals surface area contributed by atoms with E-state index in [1.54, 1.807) is 11.0 Å². The zero-order valence-electron chi connectivity index (χ0n) is 13.6. The highest BCUT2D eigenvalue weighted by molar-refractivity contribution is 6.31. The molecule has 1 saturated heterocycles. The number of benzene rings is 1. The van der Waals surface area contributed by atoms with Crippen molar-refractivity contribution in [3.05, 3.63) is 64.4 Å². The van der Waals surface area contributed by atoms with Crippen LogP contribution in [0.2, 0.25) is 5.02 Å². The molecule has 2 aromatic rings. The van der Waals surface area contributed by atoms with Crippen LogP contribution in [0.1, 0.15) is 39.4 Å². The lowest BCUT2D eigenvalue weighted by Crippen LogP contribution is -2.48.